The van der Waals surface area contributed by atoms with Crippen molar-refractivity contribution in [2.24, 2.45) is 0 Å². The molecule has 15 nitrogen and oxygen atoms in total. The smallest absolute Gasteiger partial charge is 0.463 e. The van der Waals surface area contributed by atoms with Gasteiger partial charge in [-0.2, -0.15) is 0 Å². The molecule has 0 aliphatic rings. The molecular formula is C47H86O15P2. The van der Waals surface area contributed by atoms with Crippen molar-refractivity contribution in [1.82, 2.24) is 0 Å². The van der Waals surface area contributed by atoms with Crippen LogP contribution in [0.25, 0.3) is 0 Å². The van der Waals surface area contributed by atoms with Crippen molar-refractivity contribution in [2.75, 3.05) is 39.6 Å². The van der Waals surface area contributed by atoms with Gasteiger partial charge >= 0.3 is 27.6 Å². The molecule has 0 amide bonds. The van der Waals surface area contributed by atoms with Gasteiger partial charge in [-0.3, -0.25) is 27.7 Å². The molecule has 64 heavy (non-hydrogen) atoms. The maximum atomic E-state index is 12.2. The molecule has 5 unspecified atom stereocenters. The van der Waals surface area contributed by atoms with Crippen LogP contribution in [0.3, 0.4) is 0 Å². The lowest BCUT2D eigenvalue weighted by Crippen LogP contribution is -2.25. The molecule has 0 rings (SSSR count). The molecule has 5 atom stereocenters. The fourth-order valence-corrected chi connectivity index (χ4v) is 7.76. The van der Waals surface area contributed by atoms with Crippen molar-refractivity contribution in [3.05, 3.63) is 48.6 Å². The average Bonchev–Trinajstić information content (AvgIpc) is 3.27. The van der Waals surface area contributed by atoms with Gasteiger partial charge in [-0.15, -0.1) is 0 Å². The third kappa shape index (κ3) is 45.2. The summed E-state index contributed by atoms with van der Waals surface area (Å²) >= 11 is 0. The van der Waals surface area contributed by atoms with E-state index in [-0.39, 0.29) is 12.8 Å². The summed E-state index contributed by atoms with van der Waals surface area (Å²) in [6.45, 7) is 0.264. The molecule has 0 heterocycles. The van der Waals surface area contributed by atoms with Crippen LogP contribution >= 0.6 is 15.6 Å². The number of allylic oxidation sites excluding steroid dienone is 8. The molecule has 0 saturated heterocycles. The highest BCUT2D eigenvalue weighted by molar-refractivity contribution is 7.47. The second kappa shape index (κ2) is 43.6. The fourth-order valence-electron chi connectivity index (χ4n) is 6.16. The molecular weight excluding hydrogens is 866 g/mol. The quantitative estimate of drug-likeness (QED) is 0.0166. The lowest BCUT2D eigenvalue weighted by atomic mass is 10.0. The highest BCUT2D eigenvalue weighted by atomic mass is 31.2. The number of unbranched alkanes of at least 4 members (excludes halogenated alkanes) is 21. The van der Waals surface area contributed by atoms with Crippen molar-refractivity contribution in [3.63, 3.8) is 0 Å². The number of hydrogen-bond donors (Lipinski definition) is 5. The van der Waals surface area contributed by atoms with E-state index in [1.165, 1.54) is 83.5 Å². The Balaban J connectivity index is 3.89. The molecule has 0 aliphatic heterocycles. The topological polar surface area (TPSA) is 225 Å². The van der Waals surface area contributed by atoms with Gasteiger partial charge in [-0.05, 0) is 32.1 Å². The number of esters is 2. The number of carbonyl (C=O) groups is 2. The first-order chi connectivity index (χ1) is 30.8. The highest BCUT2D eigenvalue weighted by Crippen LogP contribution is 2.45. The van der Waals surface area contributed by atoms with Gasteiger partial charge < -0.3 is 34.6 Å². The van der Waals surface area contributed by atoms with Crippen molar-refractivity contribution in [1.29, 1.82) is 0 Å². The number of aliphatic hydroxyl groups excluding tert-OH is 3. The predicted molar refractivity (Wildman–Crippen MR) is 251 cm³/mol. The van der Waals surface area contributed by atoms with E-state index in [4.69, 9.17) is 9.47 Å². The Bertz CT molecular complexity index is 1340. The third-order valence-corrected chi connectivity index (χ3v) is 11.8. The maximum absolute atomic E-state index is 12.2. The van der Waals surface area contributed by atoms with Gasteiger partial charge in [0.25, 0.3) is 0 Å². The molecule has 0 aromatic carbocycles. The standard InChI is InChI=1S/C47H86O15P2/c1-3-5-7-9-11-13-15-17-19-20-22-24-26-28-30-32-34-36-47(52)58-38-44(49)40-60-64(55,56)62-42-45(50)41-61-63(53,54)59-39-43(48)37-57-46(51)35-33-31-29-27-25-23-21-18-16-14-12-10-8-6-4-2/h6,8,10,12,14,16,18,21,43-45,48-50H,3-5,7,9,11,13,15,17,19-20,22-42H2,1-2H3,(H,53,54)(H,55,56)/b8-6+,12-10+,16-14+,21-18-. The number of ether oxygens (including phenoxy) is 2. The third-order valence-electron chi connectivity index (χ3n) is 9.89. The summed E-state index contributed by atoms with van der Waals surface area (Å²) in [5.41, 5.74) is 0. The molecule has 0 bridgehead atoms. The first-order valence-corrected chi connectivity index (χ1v) is 27.0. The fraction of sp³-hybridized carbons (Fsp3) is 0.787. The summed E-state index contributed by atoms with van der Waals surface area (Å²) in [6.07, 6.45) is 39.6. The van der Waals surface area contributed by atoms with E-state index in [9.17, 15) is 43.8 Å². The van der Waals surface area contributed by atoms with E-state index in [1.807, 2.05) is 36.5 Å². The monoisotopic (exact) mass is 953 g/mol. The molecule has 374 valence electrons. The van der Waals surface area contributed by atoms with Gasteiger partial charge in [0.2, 0.25) is 0 Å². The number of phosphoric ester groups is 2. The average molecular weight is 953 g/mol. The van der Waals surface area contributed by atoms with Crippen molar-refractivity contribution < 1.29 is 71.4 Å². The number of phosphoric acid groups is 2. The van der Waals surface area contributed by atoms with Crippen LogP contribution in [-0.4, -0.2) is 95.0 Å². The van der Waals surface area contributed by atoms with Crippen molar-refractivity contribution in [3.8, 4) is 0 Å². The minimum absolute atomic E-state index is 0.169. The second-order valence-corrected chi connectivity index (χ2v) is 19.1. The van der Waals surface area contributed by atoms with E-state index in [0.717, 1.165) is 57.8 Å². The van der Waals surface area contributed by atoms with Crippen LogP contribution in [0, 0.1) is 0 Å². The molecule has 0 saturated carbocycles. The van der Waals surface area contributed by atoms with E-state index < -0.39 is 85.5 Å². The van der Waals surface area contributed by atoms with Crippen molar-refractivity contribution >= 4 is 27.6 Å². The van der Waals surface area contributed by atoms with E-state index in [1.54, 1.807) is 0 Å². The Morgan fingerprint density at radius 1 is 0.422 bits per heavy atom. The van der Waals surface area contributed by atoms with Crippen LogP contribution in [0.2, 0.25) is 0 Å². The number of aliphatic hydroxyl groups is 3. The van der Waals surface area contributed by atoms with Crippen LogP contribution < -0.4 is 0 Å². The van der Waals surface area contributed by atoms with Crippen molar-refractivity contribution in [2.45, 2.75) is 199 Å². The first-order valence-electron chi connectivity index (χ1n) is 24.0. The van der Waals surface area contributed by atoms with Gasteiger partial charge in [-0.25, -0.2) is 9.13 Å². The summed E-state index contributed by atoms with van der Waals surface area (Å²) in [4.78, 5) is 43.7. The van der Waals surface area contributed by atoms with E-state index in [0.29, 0.717) is 12.8 Å². The molecule has 17 heteroatoms. The lowest BCUT2D eigenvalue weighted by molar-refractivity contribution is -0.148. The second-order valence-electron chi connectivity index (χ2n) is 16.2. The molecule has 5 N–H and O–H groups in total. The number of rotatable bonds is 46. The van der Waals surface area contributed by atoms with Gasteiger partial charge in [0.15, 0.2) is 0 Å². The summed E-state index contributed by atoms with van der Waals surface area (Å²) in [6, 6.07) is 0. The molecule has 0 aliphatic carbocycles. The zero-order valence-electron chi connectivity index (χ0n) is 39.2. The summed E-state index contributed by atoms with van der Waals surface area (Å²) in [7, 11) is -9.58. The normalized spacial score (nSPS) is 15.5. The van der Waals surface area contributed by atoms with Gasteiger partial charge in [0.1, 0.15) is 31.5 Å². The van der Waals surface area contributed by atoms with E-state index >= 15 is 0 Å². The molecule has 0 radical (unpaired) electrons. The van der Waals surface area contributed by atoms with Gasteiger partial charge in [0, 0.05) is 12.8 Å². The summed E-state index contributed by atoms with van der Waals surface area (Å²) < 4.78 is 53.0. The SMILES string of the molecule is CC/C=C/C=C/C=C/C=C\CCCCCCCC(=O)OCC(O)COP(=O)(O)OCC(O)COP(=O)(O)OCC(O)COC(=O)CCCCCCCCCCCCCCCCCCC. The Hall–Kier alpha value is -2.00. The number of hydrogen-bond acceptors (Lipinski definition) is 13. The van der Waals surface area contributed by atoms with Gasteiger partial charge in [-0.1, -0.05) is 184 Å². The van der Waals surface area contributed by atoms with Crippen LogP contribution in [0.4, 0.5) is 0 Å². The zero-order valence-corrected chi connectivity index (χ0v) is 41.0. The predicted octanol–water partition coefficient (Wildman–Crippen LogP) is 10.8. The van der Waals surface area contributed by atoms with E-state index in [2.05, 4.69) is 44.1 Å². The molecule has 0 aromatic heterocycles. The summed E-state index contributed by atoms with van der Waals surface area (Å²) in [5, 5.41) is 30.0. The number of carbonyl (C=O) groups excluding carboxylic acids is 2. The molecule has 0 aromatic rings. The Morgan fingerprint density at radius 2 is 0.719 bits per heavy atom. The van der Waals surface area contributed by atoms with Crippen LogP contribution in [0.1, 0.15) is 181 Å². The minimum atomic E-state index is -4.79. The van der Waals surface area contributed by atoms with Gasteiger partial charge in [0.05, 0.1) is 26.4 Å². The maximum Gasteiger partial charge on any atom is 0.472 e. The van der Waals surface area contributed by atoms with Crippen LogP contribution in [0.5, 0.6) is 0 Å². The minimum Gasteiger partial charge on any atom is -0.463 e. The zero-order chi connectivity index (χ0) is 47.4. The van der Waals surface area contributed by atoms with Crippen LogP contribution in [0.15, 0.2) is 48.6 Å². The highest BCUT2D eigenvalue weighted by Gasteiger charge is 2.28. The summed E-state index contributed by atoms with van der Waals surface area (Å²) in [5.74, 6) is -1.01. The Morgan fingerprint density at radius 3 is 1.08 bits per heavy atom. The largest absolute Gasteiger partial charge is 0.472 e. The first kappa shape index (κ1) is 62.0. The van der Waals surface area contributed by atoms with Crippen LogP contribution in [-0.2, 0) is 46.3 Å². The lowest BCUT2D eigenvalue weighted by Gasteiger charge is -2.19. The Labute approximate surface area is 385 Å². The molecule has 0 fully saturated rings. The Kier molecular flexibility index (Phi) is 42.2. The molecule has 0 spiro atoms.